The smallest absolute Gasteiger partial charge is 0.338 e. The zero-order valence-electron chi connectivity index (χ0n) is 29.7. The fourth-order valence-electron chi connectivity index (χ4n) is 7.57. The van der Waals surface area contributed by atoms with Crippen molar-refractivity contribution >= 4 is 77.1 Å². The largest absolute Gasteiger partial charge is 0.465 e. The van der Waals surface area contributed by atoms with Crippen LogP contribution < -0.4 is 11.1 Å². The van der Waals surface area contributed by atoms with Crippen LogP contribution in [0.4, 0.5) is 0 Å². The first kappa shape index (κ1) is 33.2. The van der Waals surface area contributed by atoms with E-state index in [1.807, 2.05) is 91.0 Å². The van der Waals surface area contributed by atoms with E-state index in [2.05, 4.69) is 9.97 Å². The Balaban J connectivity index is 1.14. The third-order valence-corrected chi connectivity index (χ3v) is 11.3. The number of fused-ring (bicyclic) bond motifs is 8. The third-order valence-electron chi connectivity index (χ3n) is 10.2. The molecular weight excluding hydrogens is 727 g/mol. The minimum atomic E-state index is -0.529. The normalized spacial score (nSPS) is 11.7. The number of nitrogens with zero attached hydrogens (tertiary/aromatic N) is 4. The van der Waals surface area contributed by atoms with Crippen LogP contribution in [0.1, 0.15) is 20.7 Å². The predicted octanol–water partition coefficient (Wildman–Crippen LogP) is 8.28. The number of imidazole rings is 2. The average Bonchev–Trinajstić information content (AvgIpc) is 3.80. The molecule has 12 heteroatoms. The number of rotatable bonds is 5. The van der Waals surface area contributed by atoms with Crippen LogP contribution in [0, 0.1) is 0 Å². The molecule has 10 rings (SSSR count). The number of hydrogen-bond acceptors (Lipinski definition) is 9. The Bertz CT molecular complexity index is 3450. The first-order valence-corrected chi connectivity index (χ1v) is 18.4. The van der Waals surface area contributed by atoms with Gasteiger partial charge in [0.1, 0.15) is 0 Å². The summed E-state index contributed by atoms with van der Waals surface area (Å²) in [7, 11) is 2.67. The van der Waals surface area contributed by atoms with Gasteiger partial charge in [-0.05, 0) is 88.5 Å². The number of H-pyrrole nitrogens is 1. The van der Waals surface area contributed by atoms with Gasteiger partial charge >= 0.3 is 11.9 Å². The first-order valence-electron chi connectivity index (χ1n) is 17.5. The summed E-state index contributed by atoms with van der Waals surface area (Å²) in [6.45, 7) is 0. The number of carbonyl (C=O) groups excluding carboxylic acids is 2. The number of esters is 2. The summed E-state index contributed by atoms with van der Waals surface area (Å²) in [4.78, 5) is 67.5. The van der Waals surface area contributed by atoms with Gasteiger partial charge in [0.25, 0.3) is 11.1 Å². The quantitative estimate of drug-likeness (QED) is 0.174. The fraction of sp³-hybridized carbons (Fsp3) is 0.0455. The van der Waals surface area contributed by atoms with Crippen LogP contribution in [0.2, 0.25) is 0 Å². The van der Waals surface area contributed by atoms with E-state index in [0.717, 1.165) is 26.9 Å². The Morgan fingerprint density at radius 1 is 0.589 bits per heavy atom. The van der Waals surface area contributed by atoms with E-state index in [9.17, 15) is 19.2 Å². The molecule has 6 aromatic carbocycles. The van der Waals surface area contributed by atoms with Gasteiger partial charge in [-0.25, -0.2) is 28.4 Å². The average molecular weight is 754 g/mol. The number of nitrogens with one attached hydrogen (secondary N) is 1. The topological polar surface area (TPSA) is 137 Å². The maximum atomic E-state index is 14.3. The summed E-state index contributed by atoms with van der Waals surface area (Å²) in [5.74, 6) is -0.649. The molecule has 0 unspecified atom stereocenters. The van der Waals surface area contributed by atoms with Gasteiger partial charge in [0, 0.05) is 10.3 Å². The van der Waals surface area contributed by atoms with E-state index in [-0.39, 0.29) is 11.1 Å². The second kappa shape index (κ2) is 12.6. The van der Waals surface area contributed by atoms with E-state index in [4.69, 9.17) is 14.5 Å². The number of carbonyl (C=O) groups is 2. The molecule has 4 heterocycles. The molecule has 10 aromatic rings. The Morgan fingerprint density at radius 3 is 2.09 bits per heavy atom. The lowest BCUT2D eigenvalue weighted by molar-refractivity contribution is 0.0592. The van der Waals surface area contributed by atoms with Gasteiger partial charge in [0.2, 0.25) is 5.78 Å². The molecule has 0 radical (unpaired) electrons. The number of hydrogen-bond donors (Lipinski definition) is 1. The number of aromatic amines is 1. The molecule has 0 spiro atoms. The van der Waals surface area contributed by atoms with Crippen molar-refractivity contribution in [2.45, 2.75) is 0 Å². The lowest BCUT2D eigenvalue weighted by atomic mass is 9.93. The predicted molar refractivity (Wildman–Crippen MR) is 218 cm³/mol. The van der Waals surface area contributed by atoms with Crippen molar-refractivity contribution in [1.82, 2.24) is 23.8 Å². The van der Waals surface area contributed by atoms with E-state index >= 15 is 0 Å². The highest BCUT2D eigenvalue weighted by atomic mass is 32.1. The number of benzene rings is 6. The zero-order valence-corrected chi connectivity index (χ0v) is 30.5. The van der Waals surface area contributed by atoms with Crippen LogP contribution in [-0.2, 0) is 9.47 Å². The van der Waals surface area contributed by atoms with Crippen molar-refractivity contribution in [2.75, 3.05) is 14.2 Å². The van der Waals surface area contributed by atoms with Gasteiger partial charge in [-0.3, -0.25) is 9.59 Å². The molecule has 0 amide bonds. The van der Waals surface area contributed by atoms with Gasteiger partial charge in [-0.1, -0.05) is 72.0 Å². The van der Waals surface area contributed by atoms with E-state index in [0.29, 0.717) is 71.4 Å². The Labute approximate surface area is 319 Å². The van der Waals surface area contributed by atoms with Crippen LogP contribution in [0.15, 0.2) is 131 Å². The summed E-state index contributed by atoms with van der Waals surface area (Å²) in [6, 6.07) is 36.6. The summed E-state index contributed by atoms with van der Waals surface area (Å²) in [6.07, 6.45) is 0. The Morgan fingerprint density at radius 2 is 1.25 bits per heavy atom. The van der Waals surface area contributed by atoms with Gasteiger partial charge in [0.15, 0.2) is 4.96 Å². The standard InChI is InChI=1S/C44H27N5O6S/c1-54-41(52)28-9-4-3-8-26(28)25-15-18-34-36(22-25)48-39(50)30-11-7-10-27(38(30)47-43(48)45-34)23-14-17-29(42(53)55-2)31(20-23)24-16-19-37-32(21-24)40(51)49-35-13-6-5-12-33(35)46-44(49)56-37/h3-22H,1-2H3,(H,45,47). The van der Waals surface area contributed by atoms with Crippen molar-refractivity contribution in [3.63, 3.8) is 0 Å². The van der Waals surface area contributed by atoms with E-state index in [1.165, 1.54) is 30.0 Å². The van der Waals surface area contributed by atoms with Crippen LogP contribution in [-0.4, -0.2) is 49.9 Å². The number of methoxy groups -OCH3 is 2. The Kier molecular flexibility index (Phi) is 7.44. The fourth-order valence-corrected chi connectivity index (χ4v) is 8.58. The molecule has 0 bridgehead atoms. The summed E-state index contributed by atoms with van der Waals surface area (Å²) in [5.41, 5.74) is 7.46. The van der Waals surface area contributed by atoms with Crippen LogP contribution in [0.5, 0.6) is 0 Å². The van der Waals surface area contributed by atoms with E-state index < -0.39 is 11.9 Å². The molecule has 270 valence electrons. The maximum absolute atomic E-state index is 14.3. The molecule has 0 saturated heterocycles. The minimum Gasteiger partial charge on any atom is -0.465 e. The van der Waals surface area contributed by atoms with E-state index in [1.54, 1.807) is 34.7 Å². The minimum absolute atomic E-state index is 0.206. The summed E-state index contributed by atoms with van der Waals surface area (Å²) in [5, 5.41) is 0.914. The molecule has 0 fully saturated rings. The number of ether oxygens (including phenoxy) is 2. The van der Waals surface area contributed by atoms with Gasteiger partial charge in [-0.15, -0.1) is 0 Å². The molecular formula is C44H27N5O6S. The molecule has 0 atom stereocenters. The van der Waals surface area contributed by atoms with Gasteiger partial charge in [-0.2, -0.15) is 0 Å². The molecule has 11 nitrogen and oxygen atoms in total. The van der Waals surface area contributed by atoms with Crippen molar-refractivity contribution in [2.24, 2.45) is 0 Å². The number of para-hydroxylation sites is 3. The van der Waals surface area contributed by atoms with Gasteiger partial charge < -0.3 is 14.5 Å². The maximum Gasteiger partial charge on any atom is 0.338 e. The molecule has 4 aromatic heterocycles. The summed E-state index contributed by atoms with van der Waals surface area (Å²) >= 11 is 1.42. The SMILES string of the molecule is COC(=O)c1ccccc1-c1ccc2nc3[nH]c4c(-c5ccc(C(=O)OC)c(-c6ccc7sc8nc9ccccc9n8c(=O)c7c6)c5)cccc4c(=O)n3c2c1. The second-order valence-electron chi connectivity index (χ2n) is 13.3. The molecule has 0 aliphatic heterocycles. The molecule has 56 heavy (non-hydrogen) atoms. The van der Waals surface area contributed by atoms with Crippen molar-refractivity contribution in [1.29, 1.82) is 0 Å². The number of aromatic nitrogens is 5. The lowest BCUT2D eigenvalue weighted by Crippen LogP contribution is -2.14. The van der Waals surface area contributed by atoms with Crippen molar-refractivity contribution < 1.29 is 19.1 Å². The van der Waals surface area contributed by atoms with Crippen LogP contribution >= 0.6 is 11.3 Å². The molecule has 0 aliphatic rings. The first-order chi connectivity index (χ1) is 27.3. The lowest BCUT2D eigenvalue weighted by Gasteiger charge is -2.13. The Hall–Kier alpha value is -7.44. The monoisotopic (exact) mass is 753 g/mol. The molecule has 0 aliphatic carbocycles. The molecule has 0 saturated carbocycles. The highest BCUT2D eigenvalue weighted by Crippen LogP contribution is 2.36. The van der Waals surface area contributed by atoms with Crippen LogP contribution in [0.3, 0.4) is 0 Å². The molecule has 1 N–H and O–H groups in total. The highest BCUT2D eigenvalue weighted by molar-refractivity contribution is 7.23. The highest BCUT2D eigenvalue weighted by Gasteiger charge is 2.21. The van der Waals surface area contributed by atoms with Crippen molar-refractivity contribution in [3.8, 4) is 33.4 Å². The summed E-state index contributed by atoms with van der Waals surface area (Å²) < 4.78 is 14.1. The van der Waals surface area contributed by atoms with Crippen LogP contribution in [0.25, 0.3) is 87.2 Å². The third kappa shape index (κ3) is 4.96. The zero-order chi connectivity index (χ0) is 38.2. The second-order valence-corrected chi connectivity index (χ2v) is 14.3. The van der Waals surface area contributed by atoms with Gasteiger partial charge in [0.05, 0.1) is 63.7 Å². The van der Waals surface area contributed by atoms with Crippen molar-refractivity contribution in [3.05, 3.63) is 153 Å².